The molecule has 0 amide bonds. The summed E-state index contributed by atoms with van der Waals surface area (Å²) in [5.41, 5.74) is 6.06. The van der Waals surface area contributed by atoms with E-state index >= 15 is 0 Å². The topological polar surface area (TPSA) is 89.3 Å². The summed E-state index contributed by atoms with van der Waals surface area (Å²) in [6, 6.07) is 0. The highest BCUT2D eigenvalue weighted by Crippen LogP contribution is 2.14. The molecular formula is C6H6BrN5O. The van der Waals surface area contributed by atoms with Crippen LogP contribution in [0, 0.1) is 0 Å². The molecule has 0 fully saturated rings. The standard InChI is InChI=1S/C6H6BrN5O/c7-3-1-9-6-5(8)10-4(2-13)11-12(3)6/h1,13H,2H2,(H2,8,10,11). The Balaban J connectivity index is 2.80. The van der Waals surface area contributed by atoms with Crippen molar-refractivity contribution < 1.29 is 5.11 Å². The van der Waals surface area contributed by atoms with Gasteiger partial charge in [-0.05, 0) is 15.9 Å². The minimum atomic E-state index is -0.245. The summed E-state index contributed by atoms with van der Waals surface area (Å²) < 4.78 is 2.15. The van der Waals surface area contributed by atoms with Gasteiger partial charge in [-0.1, -0.05) is 0 Å². The second-order valence-electron chi connectivity index (χ2n) is 2.39. The highest BCUT2D eigenvalue weighted by Gasteiger charge is 2.07. The predicted octanol–water partition coefficient (Wildman–Crippen LogP) is -0.0387. The van der Waals surface area contributed by atoms with Crippen LogP contribution in [0.3, 0.4) is 0 Å². The number of anilines is 1. The van der Waals surface area contributed by atoms with E-state index in [0.717, 1.165) is 0 Å². The largest absolute Gasteiger partial charge is 0.388 e. The second-order valence-corrected chi connectivity index (χ2v) is 3.20. The lowest BCUT2D eigenvalue weighted by molar-refractivity contribution is 0.269. The summed E-state index contributed by atoms with van der Waals surface area (Å²) in [5, 5.41) is 12.8. The van der Waals surface area contributed by atoms with E-state index < -0.39 is 0 Å². The van der Waals surface area contributed by atoms with Crippen molar-refractivity contribution in [3.05, 3.63) is 16.6 Å². The van der Waals surface area contributed by atoms with Gasteiger partial charge in [-0.2, -0.15) is 0 Å². The van der Waals surface area contributed by atoms with Crippen molar-refractivity contribution >= 4 is 27.4 Å². The van der Waals surface area contributed by atoms with Gasteiger partial charge in [0.15, 0.2) is 17.3 Å². The monoisotopic (exact) mass is 243 g/mol. The molecule has 0 spiro atoms. The fourth-order valence-electron chi connectivity index (χ4n) is 0.989. The van der Waals surface area contributed by atoms with E-state index in [2.05, 4.69) is 31.0 Å². The summed E-state index contributed by atoms with van der Waals surface area (Å²) in [7, 11) is 0. The summed E-state index contributed by atoms with van der Waals surface area (Å²) in [4.78, 5) is 7.82. The lowest BCUT2D eigenvalue weighted by Gasteiger charge is -1.99. The maximum Gasteiger partial charge on any atom is 0.197 e. The third-order valence-corrected chi connectivity index (χ3v) is 2.07. The maximum atomic E-state index is 8.82. The molecule has 6 nitrogen and oxygen atoms in total. The Morgan fingerprint density at radius 1 is 1.62 bits per heavy atom. The van der Waals surface area contributed by atoms with E-state index in [0.29, 0.717) is 10.3 Å². The average molecular weight is 244 g/mol. The van der Waals surface area contributed by atoms with Gasteiger partial charge >= 0.3 is 0 Å². The van der Waals surface area contributed by atoms with E-state index in [4.69, 9.17) is 10.8 Å². The average Bonchev–Trinajstić information content (AvgIpc) is 2.48. The van der Waals surface area contributed by atoms with Crippen LogP contribution in [-0.2, 0) is 6.61 Å². The minimum absolute atomic E-state index is 0.245. The molecule has 13 heavy (non-hydrogen) atoms. The van der Waals surface area contributed by atoms with Crippen LogP contribution in [0.1, 0.15) is 5.82 Å². The number of nitrogens with two attached hydrogens (primary N) is 1. The highest BCUT2D eigenvalue weighted by molar-refractivity contribution is 9.10. The van der Waals surface area contributed by atoms with Crippen LogP contribution >= 0.6 is 15.9 Å². The molecule has 2 heterocycles. The van der Waals surface area contributed by atoms with Gasteiger partial charge in [0.25, 0.3) is 0 Å². The van der Waals surface area contributed by atoms with Gasteiger partial charge < -0.3 is 10.8 Å². The zero-order valence-electron chi connectivity index (χ0n) is 6.48. The van der Waals surface area contributed by atoms with Crippen LogP contribution in [0.2, 0.25) is 0 Å². The fourth-order valence-corrected chi connectivity index (χ4v) is 1.34. The lowest BCUT2D eigenvalue weighted by atomic mass is 10.6. The second kappa shape index (κ2) is 2.93. The van der Waals surface area contributed by atoms with Gasteiger partial charge in [0.05, 0.1) is 6.20 Å². The van der Waals surface area contributed by atoms with Crippen LogP contribution < -0.4 is 5.73 Å². The first-order valence-corrected chi connectivity index (χ1v) is 4.28. The normalized spacial score (nSPS) is 10.9. The molecule has 2 aromatic rings. The number of hydrogen-bond acceptors (Lipinski definition) is 5. The van der Waals surface area contributed by atoms with Crippen LogP contribution in [0.15, 0.2) is 10.8 Å². The number of nitrogen functional groups attached to an aromatic ring is 1. The van der Waals surface area contributed by atoms with Crippen LogP contribution in [0.5, 0.6) is 0 Å². The van der Waals surface area contributed by atoms with Crippen LogP contribution in [0.4, 0.5) is 5.82 Å². The summed E-state index contributed by atoms with van der Waals surface area (Å²) >= 11 is 3.24. The molecule has 0 aromatic carbocycles. The quantitative estimate of drug-likeness (QED) is 0.734. The van der Waals surface area contributed by atoms with Gasteiger partial charge in [-0.25, -0.2) is 14.5 Å². The van der Waals surface area contributed by atoms with Crippen molar-refractivity contribution in [2.45, 2.75) is 6.61 Å². The Labute approximate surface area is 81.5 Å². The molecule has 7 heteroatoms. The van der Waals surface area contributed by atoms with Crippen molar-refractivity contribution in [3.8, 4) is 0 Å². The molecule has 0 aliphatic rings. The number of hydrogen-bond donors (Lipinski definition) is 2. The molecule has 0 radical (unpaired) electrons. The number of aliphatic hydroxyl groups is 1. The van der Waals surface area contributed by atoms with Crippen LogP contribution in [-0.4, -0.2) is 24.7 Å². The third-order valence-electron chi connectivity index (χ3n) is 1.53. The van der Waals surface area contributed by atoms with Gasteiger partial charge in [0.1, 0.15) is 11.2 Å². The van der Waals surface area contributed by atoms with Crippen molar-refractivity contribution in [1.29, 1.82) is 0 Å². The molecule has 2 rings (SSSR count). The number of fused-ring (bicyclic) bond motifs is 1. The van der Waals surface area contributed by atoms with E-state index in [1.807, 2.05) is 0 Å². The molecule has 0 aliphatic heterocycles. The molecule has 0 aliphatic carbocycles. The molecule has 3 N–H and O–H groups in total. The molecule has 68 valence electrons. The highest BCUT2D eigenvalue weighted by atomic mass is 79.9. The van der Waals surface area contributed by atoms with E-state index in [1.54, 1.807) is 6.20 Å². The van der Waals surface area contributed by atoms with Gasteiger partial charge in [0, 0.05) is 0 Å². The number of aliphatic hydroxyl groups excluding tert-OH is 1. The zero-order chi connectivity index (χ0) is 9.42. The smallest absolute Gasteiger partial charge is 0.197 e. The number of nitrogens with zero attached hydrogens (tertiary/aromatic N) is 4. The number of halogens is 1. The lowest BCUT2D eigenvalue weighted by Crippen LogP contribution is -2.06. The molecule has 2 aromatic heterocycles. The Kier molecular flexibility index (Phi) is 1.89. The zero-order valence-corrected chi connectivity index (χ0v) is 8.06. The molecule has 0 saturated carbocycles. The minimum Gasteiger partial charge on any atom is -0.388 e. The number of aromatic nitrogens is 4. The number of rotatable bonds is 1. The Bertz CT molecular complexity index is 453. The summed E-state index contributed by atoms with van der Waals surface area (Å²) in [6.45, 7) is -0.245. The maximum absolute atomic E-state index is 8.82. The predicted molar refractivity (Wildman–Crippen MR) is 48.8 cm³/mol. The first-order chi connectivity index (χ1) is 6.22. The fraction of sp³-hybridized carbons (Fsp3) is 0.167. The molecular weight excluding hydrogens is 238 g/mol. The molecule has 0 bridgehead atoms. The first kappa shape index (κ1) is 8.39. The van der Waals surface area contributed by atoms with Gasteiger partial charge in [-0.3, -0.25) is 0 Å². The van der Waals surface area contributed by atoms with Crippen molar-refractivity contribution in [2.24, 2.45) is 0 Å². The molecule has 0 saturated heterocycles. The van der Waals surface area contributed by atoms with E-state index in [1.165, 1.54) is 4.52 Å². The SMILES string of the molecule is Nc1nc(CO)nn2c(Br)cnc12. The Morgan fingerprint density at radius 2 is 2.38 bits per heavy atom. The van der Waals surface area contributed by atoms with E-state index in [9.17, 15) is 0 Å². The van der Waals surface area contributed by atoms with Crippen molar-refractivity contribution in [3.63, 3.8) is 0 Å². The van der Waals surface area contributed by atoms with Crippen molar-refractivity contribution in [2.75, 3.05) is 5.73 Å². The molecule has 0 unspecified atom stereocenters. The molecule has 0 atom stereocenters. The summed E-state index contributed by atoms with van der Waals surface area (Å²) in [6.07, 6.45) is 1.57. The van der Waals surface area contributed by atoms with Crippen molar-refractivity contribution in [1.82, 2.24) is 19.6 Å². The Morgan fingerprint density at radius 3 is 3.08 bits per heavy atom. The van der Waals surface area contributed by atoms with E-state index in [-0.39, 0.29) is 18.2 Å². The number of imidazole rings is 1. The van der Waals surface area contributed by atoms with Gasteiger partial charge in [0.2, 0.25) is 0 Å². The Hall–Kier alpha value is -1.21. The van der Waals surface area contributed by atoms with Gasteiger partial charge in [-0.15, -0.1) is 5.10 Å². The third kappa shape index (κ3) is 1.25. The first-order valence-electron chi connectivity index (χ1n) is 3.49. The van der Waals surface area contributed by atoms with Crippen LogP contribution in [0.25, 0.3) is 5.65 Å². The summed E-state index contributed by atoms with van der Waals surface area (Å²) in [5.74, 6) is 0.522.